The Morgan fingerprint density at radius 1 is 0.986 bits per heavy atom. The molecule has 4 N–H and O–H groups in total. The monoisotopic (exact) mass is 1050 g/mol. The molecule has 2 aliphatic rings. The van der Waals surface area contributed by atoms with E-state index in [1.54, 1.807) is 71.1 Å². The molecule has 1 unspecified atom stereocenters. The van der Waals surface area contributed by atoms with Crippen LogP contribution in [-0.2, 0) is 40.9 Å². The van der Waals surface area contributed by atoms with Crippen molar-refractivity contribution in [2.75, 3.05) is 19.8 Å². The molecule has 1 fully saturated rings. The first kappa shape index (κ1) is 54.4. The van der Waals surface area contributed by atoms with Gasteiger partial charge in [-0.05, 0) is 97.2 Å². The number of halogens is 3. The maximum atomic E-state index is 14.3. The second-order valence-corrected chi connectivity index (χ2v) is 21.0. The van der Waals surface area contributed by atoms with Crippen LogP contribution in [-0.4, -0.2) is 90.6 Å². The third kappa shape index (κ3) is 12.7. The summed E-state index contributed by atoms with van der Waals surface area (Å²) in [7, 11) is 1.79. The van der Waals surface area contributed by atoms with Crippen molar-refractivity contribution in [3.05, 3.63) is 135 Å². The Hall–Kier alpha value is -6.40. The van der Waals surface area contributed by atoms with Gasteiger partial charge in [0, 0.05) is 62.2 Å². The highest BCUT2D eigenvalue weighted by Crippen LogP contribution is 2.41. The Labute approximate surface area is 439 Å². The molecule has 8 rings (SSSR count). The molecule has 73 heavy (non-hydrogen) atoms. The van der Waals surface area contributed by atoms with E-state index in [9.17, 15) is 28.7 Å². The number of amides is 3. The van der Waals surface area contributed by atoms with Crippen molar-refractivity contribution in [3.8, 4) is 33.1 Å². The van der Waals surface area contributed by atoms with Gasteiger partial charge in [-0.3, -0.25) is 24.6 Å². The van der Waals surface area contributed by atoms with Crippen LogP contribution in [0.1, 0.15) is 84.9 Å². The zero-order valence-electron chi connectivity index (χ0n) is 41.7. The number of likely N-dealkylation sites (tertiary alicyclic amines) is 1. The van der Waals surface area contributed by atoms with Crippen molar-refractivity contribution in [3.63, 3.8) is 0 Å². The van der Waals surface area contributed by atoms with Gasteiger partial charge in [-0.15, -0.1) is 23.7 Å². The number of β-amino-alcohol motifs (C(OH)–C–C–N with tert-alkyl or cyclic N) is 1. The third-order valence-corrected chi connectivity index (χ3v) is 14.5. The normalized spacial score (nSPS) is 16.8. The number of aryl methyl sites for hydroxylation is 3. The first-order chi connectivity index (χ1) is 34.3. The molecule has 3 aromatic carbocycles. The van der Waals surface area contributed by atoms with Gasteiger partial charge < -0.3 is 39.2 Å². The summed E-state index contributed by atoms with van der Waals surface area (Å²) in [6.07, 6.45) is 4.19. The summed E-state index contributed by atoms with van der Waals surface area (Å²) in [5.74, 6) is -1.55. The van der Waals surface area contributed by atoms with Crippen molar-refractivity contribution in [1.29, 1.82) is 5.41 Å². The van der Waals surface area contributed by atoms with Crippen LogP contribution in [0.4, 0.5) is 4.39 Å². The minimum absolute atomic E-state index is 0. The predicted molar refractivity (Wildman–Crippen MR) is 279 cm³/mol. The van der Waals surface area contributed by atoms with E-state index >= 15 is 0 Å². The summed E-state index contributed by atoms with van der Waals surface area (Å²) in [6, 6.07) is 18.0. The van der Waals surface area contributed by atoms with E-state index in [0.29, 0.717) is 64.7 Å². The lowest BCUT2D eigenvalue weighted by Gasteiger charge is -2.35. The number of aromatic nitrogens is 4. The number of hydrogen-bond donors (Lipinski definition) is 4. The molecule has 386 valence electrons. The molecule has 0 radical (unpaired) electrons. The number of aliphatic hydroxyl groups is 1. The number of ether oxygens (including phenoxy) is 2. The quantitative estimate of drug-likeness (QED) is 0.0515. The molecule has 0 saturated carbocycles. The molecular weight excluding hydrogens is 995 g/mol. The second kappa shape index (κ2) is 23.2. The number of thiazole rings is 1. The summed E-state index contributed by atoms with van der Waals surface area (Å²) < 4.78 is 30.0. The number of ketones is 1. The Morgan fingerprint density at radius 2 is 1.73 bits per heavy atom. The van der Waals surface area contributed by atoms with E-state index in [0.717, 1.165) is 32.8 Å². The van der Waals surface area contributed by atoms with E-state index in [-0.39, 0.29) is 74.8 Å². The van der Waals surface area contributed by atoms with E-state index in [1.165, 1.54) is 11.0 Å². The Morgan fingerprint density at radius 3 is 2.41 bits per heavy atom. The lowest BCUT2D eigenvalue weighted by Crippen LogP contribution is -2.57. The van der Waals surface area contributed by atoms with E-state index in [4.69, 9.17) is 26.5 Å². The first-order valence-electron chi connectivity index (χ1n) is 24.0. The largest absolute Gasteiger partial charge is 0.492 e. The number of fused-ring (bicyclic) bond motifs is 1. The number of Topliss-reactive ketones (excluding diaryl/α,β-unsaturated/α-hetero) is 1. The number of nitrogens with one attached hydrogen (secondary N) is 3. The van der Waals surface area contributed by atoms with Crippen LogP contribution in [0.15, 0.2) is 84.6 Å². The van der Waals surface area contributed by atoms with Gasteiger partial charge in [0.1, 0.15) is 23.6 Å². The number of rotatable bonds is 17. The fraction of sp³-hybridized carbons (Fsp3) is 0.389. The number of unbranched alkanes of at least 4 members (excludes halogenated alkanes) is 1. The lowest BCUT2D eigenvalue weighted by atomic mass is 9.85. The molecule has 19 heteroatoms. The minimum atomic E-state index is -0.952. The maximum absolute atomic E-state index is 14.3. The van der Waals surface area contributed by atoms with Crippen LogP contribution < -0.4 is 25.7 Å². The Balaban J connectivity index is 0.00000780. The zero-order chi connectivity index (χ0) is 51.4. The number of carbonyl (C=O) groups is 4. The van der Waals surface area contributed by atoms with E-state index in [1.807, 2.05) is 69.6 Å². The van der Waals surface area contributed by atoms with Crippen LogP contribution in [0.3, 0.4) is 0 Å². The van der Waals surface area contributed by atoms with Gasteiger partial charge in [-0.25, -0.2) is 9.97 Å². The fourth-order valence-corrected chi connectivity index (χ4v) is 10.3. The predicted octanol–water partition coefficient (Wildman–Crippen LogP) is 8.16. The maximum Gasteiger partial charge on any atom is 0.246 e. The molecule has 0 aliphatic carbocycles. The first-order valence-corrected chi connectivity index (χ1v) is 25.3. The molecular formula is C54H61Cl2FN8O7S. The molecule has 5 heterocycles. The molecule has 15 nitrogen and oxygen atoms in total. The van der Waals surface area contributed by atoms with Crippen LogP contribution in [0.25, 0.3) is 21.6 Å². The van der Waals surface area contributed by atoms with Gasteiger partial charge in [0.15, 0.2) is 5.78 Å². The zero-order valence-corrected chi connectivity index (χ0v) is 44.1. The summed E-state index contributed by atoms with van der Waals surface area (Å²) in [6.45, 7) is 10.1. The van der Waals surface area contributed by atoms with Gasteiger partial charge in [0.25, 0.3) is 0 Å². The van der Waals surface area contributed by atoms with Gasteiger partial charge in [-0.1, -0.05) is 62.7 Å². The number of carbonyl (C=O) groups excluding carboxylic acids is 4. The highest BCUT2D eigenvalue weighted by atomic mass is 35.5. The van der Waals surface area contributed by atoms with Crippen LogP contribution >= 0.6 is 35.3 Å². The SMILES string of the molecule is Cc1nc(F)ccc1-c1cc(Cn2ccn(C)c2=N)cc2c1OCC(Cc1ccc(Cl)c(OCCCCC(=O)N[C@H](C(=O)N3C[C@H](O)C[C@H]3C(=O)NCc3ccc(-c4scnc4C)cc3)C(C)(C)C)c1)C2=O.Cl. The second-order valence-electron chi connectivity index (χ2n) is 19.7. The van der Waals surface area contributed by atoms with Crippen molar-refractivity contribution in [1.82, 2.24) is 34.6 Å². The summed E-state index contributed by atoms with van der Waals surface area (Å²) in [5, 5.41) is 25.4. The minimum Gasteiger partial charge on any atom is -0.492 e. The molecule has 3 amide bonds. The Kier molecular flexibility index (Phi) is 17.3. The number of nitrogens with zero attached hydrogens (tertiary/aromatic N) is 5. The number of hydrogen-bond acceptors (Lipinski definition) is 11. The molecule has 4 atom stereocenters. The average molecular weight is 1060 g/mol. The fourth-order valence-electron chi connectivity index (χ4n) is 9.27. The summed E-state index contributed by atoms with van der Waals surface area (Å²) in [5.41, 5.74) is 7.97. The summed E-state index contributed by atoms with van der Waals surface area (Å²) >= 11 is 8.15. The average Bonchev–Trinajstić information content (AvgIpc) is 4.05. The Bertz CT molecular complexity index is 3060. The highest BCUT2D eigenvalue weighted by molar-refractivity contribution is 7.13. The van der Waals surface area contributed by atoms with Crippen molar-refractivity contribution in [2.45, 2.75) is 98.0 Å². The number of imidazole rings is 1. The molecule has 0 spiro atoms. The van der Waals surface area contributed by atoms with Crippen molar-refractivity contribution < 1.29 is 38.1 Å². The standard InChI is InChI=1S/C54H60ClFN8O7S.ClH/c1-31-39(15-17-45(56)60-31)40-22-35(27-63-19-18-62(6)53(63)57)23-41-47(67)37(29-71-48(40)41)21-34-12-16-42(55)44(24-34)70-20-8-7-9-46(66)61-50(54(3,4)5)52(69)64-28-38(65)25-43(64)51(68)58-26-33-10-13-36(14-11-33)49-32(2)59-30-72-49;/h10-19,22-24,30,37-38,43,50,57,65H,7-9,20-21,25-29H2,1-6H3,(H,58,68)(H,61,66);1H/t37?,38-,43+,50-;/m1./s1. The van der Waals surface area contributed by atoms with E-state index < -0.39 is 41.4 Å². The lowest BCUT2D eigenvalue weighted by molar-refractivity contribution is -0.144. The van der Waals surface area contributed by atoms with Crippen LogP contribution in [0.5, 0.6) is 11.5 Å². The van der Waals surface area contributed by atoms with Crippen molar-refractivity contribution in [2.24, 2.45) is 18.4 Å². The van der Waals surface area contributed by atoms with Gasteiger partial charge in [-0.2, -0.15) is 4.39 Å². The molecule has 3 aromatic heterocycles. The van der Waals surface area contributed by atoms with Gasteiger partial charge >= 0.3 is 0 Å². The van der Waals surface area contributed by atoms with Crippen molar-refractivity contribution >= 4 is 58.8 Å². The topological polar surface area (TPSA) is 194 Å². The van der Waals surface area contributed by atoms with E-state index in [2.05, 4.69) is 20.6 Å². The summed E-state index contributed by atoms with van der Waals surface area (Å²) in [4.78, 5) is 66.2. The molecule has 0 bridgehead atoms. The third-order valence-electron chi connectivity index (χ3n) is 13.2. The number of aliphatic hydroxyl groups excluding tert-OH is 1. The smallest absolute Gasteiger partial charge is 0.246 e. The molecule has 6 aromatic rings. The number of pyridine rings is 1. The van der Waals surface area contributed by atoms with Crippen LogP contribution in [0, 0.1) is 36.5 Å². The van der Waals surface area contributed by atoms with Crippen LogP contribution in [0.2, 0.25) is 5.02 Å². The van der Waals surface area contributed by atoms with Gasteiger partial charge in [0.2, 0.25) is 29.3 Å². The highest BCUT2D eigenvalue weighted by Gasteiger charge is 2.44. The molecule has 2 aliphatic heterocycles. The van der Waals surface area contributed by atoms with Gasteiger partial charge in [0.05, 0.1) is 58.4 Å². The molecule has 1 saturated heterocycles. The number of benzene rings is 3.